The van der Waals surface area contributed by atoms with E-state index in [4.69, 9.17) is 9.97 Å². The molecule has 62 heavy (non-hydrogen) atoms. The van der Waals surface area contributed by atoms with E-state index in [2.05, 4.69) is 203 Å². The largest absolute Gasteiger partial charge is 0.310 e. The Morgan fingerprint density at radius 1 is 0.468 bits per heavy atom. The van der Waals surface area contributed by atoms with Gasteiger partial charge in [0.15, 0.2) is 5.82 Å². The number of rotatable bonds is 7. The van der Waals surface area contributed by atoms with Gasteiger partial charge < -0.3 is 13.7 Å². The summed E-state index contributed by atoms with van der Waals surface area (Å²) in [6.07, 6.45) is 6.23. The van der Waals surface area contributed by atoms with E-state index >= 15 is 0 Å². The Labute approximate surface area is 358 Å². The van der Waals surface area contributed by atoms with Crippen molar-refractivity contribution < 1.29 is 0 Å². The maximum Gasteiger partial charge on any atom is 0.156 e. The molecule has 0 aliphatic heterocycles. The summed E-state index contributed by atoms with van der Waals surface area (Å²) in [7, 11) is 0. The molecule has 292 valence electrons. The lowest BCUT2D eigenvalue weighted by Crippen LogP contribution is -1.97. The molecule has 4 heterocycles. The number of aromatic nitrogens is 5. The van der Waals surface area contributed by atoms with E-state index in [0.29, 0.717) is 5.82 Å². The standard InChI is InChI=1S/C57H39N5/c1-37(57-58-47-28-13-9-25-43(47)56(59-57)39-20-5-3-6-21-39)18-17-19-38(2)60-49-30-15-11-26-44(49)54-52(60)34-35-53-55(54)45-27-12-16-31-50(45)62(53)41-32-33-51-46(36-41)42-24-10-14-29-48(42)61(51)40-22-7-4-8-23-40/h3-36H,2H2,1H3/b19-17-,37-18+. The zero-order valence-electron chi connectivity index (χ0n) is 34.1. The van der Waals surface area contributed by atoms with Crippen LogP contribution < -0.4 is 0 Å². The minimum atomic E-state index is 0.703. The van der Waals surface area contributed by atoms with Crippen LogP contribution in [0.25, 0.3) is 110 Å². The Hall–Kier alpha value is -8.28. The summed E-state index contributed by atoms with van der Waals surface area (Å²) in [6.45, 7) is 6.71. The van der Waals surface area contributed by atoms with Crippen LogP contribution in [0, 0.1) is 0 Å². The normalized spacial score (nSPS) is 12.4. The first-order valence-electron chi connectivity index (χ1n) is 21.0. The molecule has 0 spiro atoms. The van der Waals surface area contributed by atoms with E-state index < -0.39 is 0 Å². The highest BCUT2D eigenvalue weighted by atomic mass is 15.0. The topological polar surface area (TPSA) is 40.6 Å². The minimum absolute atomic E-state index is 0.703. The molecule has 0 aliphatic rings. The van der Waals surface area contributed by atoms with E-state index in [1.54, 1.807) is 0 Å². The highest BCUT2D eigenvalue weighted by molar-refractivity contribution is 6.29. The Kier molecular flexibility index (Phi) is 8.15. The molecular weight excluding hydrogens is 755 g/mol. The Bertz CT molecular complexity index is 3820. The molecule has 12 rings (SSSR count). The molecule has 0 unspecified atom stereocenters. The smallest absolute Gasteiger partial charge is 0.156 e. The van der Waals surface area contributed by atoms with Gasteiger partial charge in [-0.05, 0) is 85.3 Å². The Morgan fingerprint density at radius 3 is 1.79 bits per heavy atom. The van der Waals surface area contributed by atoms with Crippen LogP contribution >= 0.6 is 0 Å². The summed E-state index contributed by atoms with van der Waals surface area (Å²) in [5, 5.41) is 8.35. The van der Waals surface area contributed by atoms with Gasteiger partial charge in [-0.2, -0.15) is 0 Å². The second-order valence-corrected chi connectivity index (χ2v) is 15.9. The third-order valence-corrected chi connectivity index (χ3v) is 12.3. The molecule has 0 fully saturated rings. The molecule has 12 aromatic rings. The molecule has 0 atom stereocenters. The molecule has 0 N–H and O–H groups in total. The fourth-order valence-electron chi connectivity index (χ4n) is 9.58. The van der Waals surface area contributed by atoms with Crippen LogP contribution in [0.5, 0.6) is 0 Å². The van der Waals surface area contributed by atoms with Gasteiger partial charge in [0.1, 0.15) is 0 Å². The predicted octanol–water partition coefficient (Wildman–Crippen LogP) is 14.7. The van der Waals surface area contributed by atoms with E-state index in [9.17, 15) is 0 Å². The van der Waals surface area contributed by atoms with Crippen molar-refractivity contribution in [3.05, 3.63) is 219 Å². The number of benzene rings is 8. The zero-order valence-corrected chi connectivity index (χ0v) is 34.1. The summed E-state index contributed by atoms with van der Waals surface area (Å²) in [5.74, 6) is 0.703. The van der Waals surface area contributed by atoms with Gasteiger partial charge in [0.2, 0.25) is 0 Å². The lowest BCUT2D eigenvalue weighted by Gasteiger charge is -2.11. The van der Waals surface area contributed by atoms with Crippen molar-refractivity contribution in [2.45, 2.75) is 6.92 Å². The molecule has 0 bridgehead atoms. The van der Waals surface area contributed by atoms with Crippen molar-refractivity contribution in [3.63, 3.8) is 0 Å². The first-order chi connectivity index (χ1) is 30.6. The van der Waals surface area contributed by atoms with Gasteiger partial charge in [-0.1, -0.05) is 140 Å². The van der Waals surface area contributed by atoms with Gasteiger partial charge in [-0.25, -0.2) is 9.97 Å². The fraction of sp³-hybridized carbons (Fsp3) is 0.0175. The summed E-state index contributed by atoms with van der Waals surface area (Å²) in [6, 6.07) is 66.9. The Balaban J connectivity index is 0.990. The highest BCUT2D eigenvalue weighted by Gasteiger charge is 2.21. The van der Waals surface area contributed by atoms with Gasteiger partial charge in [-0.3, -0.25) is 0 Å². The van der Waals surface area contributed by atoms with Crippen molar-refractivity contribution in [1.82, 2.24) is 23.7 Å². The van der Waals surface area contributed by atoms with Crippen LogP contribution in [0.1, 0.15) is 12.7 Å². The van der Waals surface area contributed by atoms with Crippen LogP contribution in [0.3, 0.4) is 0 Å². The maximum atomic E-state index is 5.08. The molecule has 5 heteroatoms. The number of allylic oxidation sites excluding steroid dienone is 5. The lowest BCUT2D eigenvalue weighted by molar-refractivity contribution is 1.16. The molecule has 0 aliphatic carbocycles. The van der Waals surface area contributed by atoms with Crippen molar-refractivity contribution in [1.29, 1.82) is 0 Å². The number of para-hydroxylation sites is 5. The number of nitrogens with zero attached hydrogens (tertiary/aromatic N) is 5. The lowest BCUT2D eigenvalue weighted by atomic mass is 10.1. The van der Waals surface area contributed by atoms with Crippen LogP contribution in [0.2, 0.25) is 0 Å². The number of hydrogen-bond acceptors (Lipinski definition) is 2. The molecule has 0 saturated heterocycles. The second kappa shape index (κ2) is 14.2. The third kappa shape index (κ3) is 5.49. The van der Waals surface area contributed by atoms with Gasteiger partial charge in [0.25, 0.3) is 0 Å². The zero-order chi connectivity index (χ0) is 41.3. The molecule has 0 amide bonds. The van der Waals surface area contributed by atoms with Gasteiger partial charge in [-0.15, -0.1) is 0 Å². The van der Waals surface area contributed by atoms with Crippen LogP contribution in [-0.2, 0) is 0 Å². The van der Waals surface area contributed by atoms with E-state index in [1.807, 2.05) is 30.3 Å². The first kappa shape index (κ1) is 35.6. The molecular formula is C57H39N5. The summed E-state index contributed by atoms with van der Waals surface area (Å²) < 4.78 is 7.10. The average Bonchev–Trinajstić information content (AvgIpc) is 3.97. The third-order valence-electron chi connectivity index (χ3n) is 12.3. The van der Waals surface area contributed by atoms with Crippen molar-refractivity contribution in [2.75, 3.05) is 0 Å². The SMILES string of the molecule is C=C(/C=C\C=C(/C)c1nc(-c2ccccc2)c2ccccc2n1)n1c2ccccc2c2c3c4ccccc4n(-c4ccc5c(c4)c4ccccc4n5-c4ccccc4)c3ccc21. The molecule has 5 nitrogen and oxygen atoms in total. The minimum Gasteiger partial charge on any atom is -0.310 e. The molecule has 4 aromatic heterocycles. The van der Waals surface area contributed by atoms with Crippen molar-refractivity contribution in [2.24, 2.45) is 0 Å². The van der Waals surface area contributed by atoms with E-state index in [1.165, 1.54) is 48.9 Å². The maximum absolute atomic E-state index is 5.08. The van der Waals surface area contributed by atoms with Gasteiger partial charge in [0, 0.05) is 60.3 Å². The number of fused-ring (bicyclic) bond motifs is 11. The first-order valence-corrected chi connectivity index (χ1v) is 21.0. The van der Waals surface area contributed by atoms with Crippen molar-refractivity contribution >= 4 is 87.6 Å². The van der Waals surface area contributed by atoms with Gasteiger partial charge in [0.05, 0.1) is 44.3 Å². The second-order valence-electron chi connectivity index (χ2n) is 15.9. The average molecular weight is 794 g/mol. The van der Waals surface area contributed by atoms with E-state index in [0.717, 1.165) is 61.4 Å². The number of hydrogen-bond donors (Lipinski definition) is 0. The summed E-state index contributed by atoms with van der Waals surface area (Å²) >= 11 is 0. The van der Waals surface area contributed by atoms with Crippen molar-refractivity contribution in [3.8, 4) is 22.6 Å². The molecule has 0 saturated carbocycles. The van der Waals surface area contributed by atoms with E-state index in [-0.39, 0.29) is 0 Å². The molecule has 8 aromatic carbocycles. The predicted molar refractivity (Wildman–Crippen MR) is 261 cm³/mol. The van der Waals surface area contributed by atoms with Crippen LogP contribution in [0.4, 0.5) is 0 Å². The highest BCUT2D eigenvalue weighted by Crippen LogP contribution is 2.43. The quantitative estimate of drug-likeness (QED) is 0.151. The fourth-order valence-corrected chi connectivity index (χ4v) is 9.58. The Morgan fingerprint density at radius 2 is 1.02 bits per heavy atom. The molecule has 0 radical (unpaired) electrons. The monoisotopic (exact) mass is 793 g/mol. The van der Waals surface area contributed by atoms with Gasteiger partial charge >= 0.3 is 0 Å². The summed E-state index contributed by atoms with van der Waals surface area (Å²) in [4.78, 5) is 10.0. The van der Waals surface area contributed by atoms with Crippen LogP contribution in [0.15, 0.2) is 213 Å². The summed E-state index contributed by atoms with van der Waals surface area (Å²) in [5.41, 5.74) is 14.0. The van der Waals surface area contributed by atoms with Crippen LogP contribution in [-0.4, -0.2) is 23.7 Å².